The molecular formula is C22H27F3N8O. The van der Waals surface area contributed by atoms with Gasteiger partial charge in [-0.2, -0.15) is 23.3 Å². The highest BCUT2D eigenvalue weighted by atomic mass is 19.4. The Balaban J connectivity index is 1.23. The van der Waals surface area contributed by atoms with Crippen LogP contribution in [0.1, 0.15) is 36.1 Å². The lowest BCUT2D eigenvalue weighted by molar-refractivity contribution is -0.141. The largest absolute Gasteiger partial charge is 0.433 e. The first kappa shape index (κ1) is 22.8. The van der Waals surface area contributed by atoms with E-state index in [9.17, 15) is 13.2 Å². The molecule has 1 unspecified atom stereocenters. The van der Waals surface area contributed by atoms with E-state index in [1.807, 2.05) is 34.6 Å². The topological polar surface area (TPSA) is 85.1 Å². The Hall–Kier alpha value is -3.02. The van der Waals surface area contributed by atoms with Crippen LogP contribution in [0.2, 0.25) is 0 Å². The molecule has 2 aliphatic rings. The fourth-order valence-electron chi connectivity index (χ4n) is 4.47. The molecule has 3 aromatic rings. The molecule has 9 nitrogen and oxygen atoms in total. The van der Waals surface area contributed by atoms with Gasteiger partial charge in [-0.05, 0) is 32.6 Å². The molecule has 1 atom stereocenters. The molecule has 2 aliphatic heterocycles. The first-order valence-electron chi connectivity index (χ1n) is 11.4. The highest BCUT2D eigenvalue weighted by Crippen LogP contribution is 2.32. The second-order valence-corrected chi connectivity index (χ2v) is 9.10. The molecule has 0 bridgehead atoms. The van der Waals surface area contributed by atoms with E-state index in [4.69, 9.17) is 9.72 Å². The average molecular weight is 477 g/mol. The summed E-state index contributed by atoms with van der Waals surface area (Å²) in [5, 5.41) is 5.55. The van der Waals surface area contributed by atoms with Crippen molar-refractivity contribution in [3.8, 4) is 0 Å². The number of aryl methyl sites for hydroxylation is 2. The Morgan fingerprint density at radius 3 is 2.68 bits per heavy atom. The van der Waals surface area contributed by atoms with Crippen molar-refractivity contribution in [1.82, 2.24) is 29.7 Å². The predicted molar refractivity (Wildman–Crippen MR) is 120 cm³/mol. The summed E-state index contributed by atoms with van der Waals surface area (Å²) in [4.78, 5) is 21.0. The van der Waals surface area contributed by atoms with Gasteiger partial charge in [0.15, 0.2) is 5.65 Å². The molecule has 3 aromatic heterocycles. The Bertz CT molecular complexity index is 1190. The smallest absolute Gasteiger partial charge is 0.377 e. The fraction of sp³-hybridized carbons (Fsp3) is 0.591. The Kier molecular flexibility index (Phi) is 5.78. The van der Waals surface area contributed by atoms with Gasteiger partial charge >= 0.3 is 6.18 Å². The average Bonchev–Trinajstić information content (AvgIpc) is 3.35. The molecule has 0 N–H and O–H groups in total. The molecule has 182 valence electrons. The van der Waals surface area contributed by atoms with Gasteiger partial charge in [-0.15, -0.1) is 0 Å². The number of anilines is 2. The van der Waals surface area contributed by atoms with Gasteiger partial charge in [0.2, 0.25) is 5.95 Å². The lowest BCUT2D eigenvalue weighted by atomic mass is 10.1. The molecular weight excluding hydrogens is 449 g/mol. The lowest BCUT2D eigenvalue weighted by Gasteiger charge is -2.26. The molecule has 0 amide bonds. The molecule has 5 rings (SSSR count). The van der Waals surface area contributed by atoms with Crippen LogP contribution < -0.4 is 9.80 Å². The second-order valence-electron chi connectivity index (χ2n) is 9.10. The molecule has 12 heteroatoms. The van der Waals surface area contributed by atoms with Crippen molar-refractivity contribution >= 4 is 22.8 Å². The molecule has 5 heterocycles. The molecule has 2 fully saturated rings. The number of alkyl halides is 3. The monoisotopic (exact) mass is 476 g/mol. The van der Waals surface area contributed by atoms with Crippen molar-refractivity contribution < 1.29 is 17.9 Å². The van der Waals surface area contributed by atoms with Crippen molar-refractivity contribution in [2.24, 2.45) is 5.92 Å². The van der Waals surface area contributed by atoms with E-state index >= 15 is 0 Å². The maximum absolute atomic E-state index is 13.1. The van der Waals surface area contributed by atoms with Crippen LogP contribution in [0.4, 0.5) is 24.9 Å². The summed E-state index contributed by atoms with van der Waals surface area (Å²) in [6.45, 7) is 6.79. The van der Waals surface area contributed by atoms with Gasteiger partial charge in [0, 0.05) is 38.9 Å². The molecule has 0 radical (unpaired) electrons. The number of nitrogens with zero attached hydrogens (tertiary/aromatic N) is 8. The van der Waals surface area contributed by atoms with E-state index in [2.05, 4.69) is 20.1 Å². The molecule has 2 saturated heterocycles. The summed E-state index contributed by atoms with van der Waals surface area (Å²) in [7, 11) is 1.96. The number of hydrogen-bond donors (Lipinski definition) is 0. The maximum atomic E-state index is 13.1. The first-order valence-corrected chi connectivity index (χ1v) is 11.4. The van der Waals surface area contributed by atoms with E-state index in [0.29, 0.717) is 44.0 Å². The van der Waals surface area contributed by atoms with E-state index in [1.54, 1.807) is 0 Å². The fourth-order valence-corrected chi connectivity index (χ4v) is 4.47. The van der Waals surface area contributed by atoms with Gasteiger partial charge in [0.25, 0.3) is 0 Å². The summed E-state index contributed by atoms with van der Waals surface area (Å²) < 4.78 is 46.6. The van der Waals surface area contributed by atoms with Crippen molar-refractivity contribution in [1.29, 1.82) is 0 Å². The predicted octanol–water partition coefficient (Wildman–Crippen LogP) is 3.18. The van der Waals surface area contributed by atoms with E-state index < -0.39 is 11.9 Å². The van der Waals surface area contributed by atoms with Crippen molar-refractivity contribution in [2.45, 2.75) is 38.9 Å². The second kappa shape index (κ2) is 8.64. The van der Waals surface area contributed by atoms with Gasteiger partial charge in [-0.1, -0.05) is 0 Å². The lowest BCUT2D eigenvalue weighted by Crippen LogP contribution is -2.31. The number of hydrogen-bond acceptors (Lipinski definition) is 8. The normalized spacial score (nSPS) is 19.1. The Morgan fingerprint density at radius 2 is 1.97 bits per heavy atom. The summed E-state index contributed by atoms with van der Waals surface area (Å²) in [5.74, 6) is 1.44. The highest BCUT2D eigenvalue weighted by molar-refractivity contribution is 5.78. The third-order valence-corrected chi connectivity index (χ3v) is 6.53. The van der Waals surface area contributed by atoms with E-state index in [1.165, 1.54) is 6.92 Å². The molecule has 0 spiro atoms. The van der Waals surface area contributed by atoms with Gasteiger partial charge in [-0.25, -0.2) is 19.6 Å². The highest BCUT2D eigenvalue weighted by Gasteiger charge is 2.34. The van der Waals surface area contributed by atoms with Crippen molar-refractivity contribution in [3.63, 3.8) is 0 Å². The summed E-state index contributed by atoms with van der Waals surface area (Å²) in [6.07, 6.45) is -0.893. The number of fused-ring (bicyclic) bond motifs is 1. The Morgan fingerprint density at radius 1 is 1.18 bits per heavy atom. The van der Waals surface area contributed by atoms with Crippen LogP contribution in [0.3, 0.4) is 0 Å². The van der Waals surface area contributed by atoms with Crippen molar-refractivity contribution in [2.75, 3.05) is 49.7 Å². The van der Waals surface area contributed by atoms with Gasteiger partial charge in [0.1, 0.15) is 23.4 Å². The standard InChI is InChI=1S/C22H27F3N8O/c1-13-17-9-26-21(29-20(17)33(30-13)16-11-34-12-16)31(3)6-4-15-5-7-32(10-15)19-8-18(22(23,24)25)27-14(2)28-19/h8-9,15-16H,4-7,10-12H2,1-3H3. The van der Waals surface area contributed by atoms with Crippen LogP contribution in [0.25, 0.3) is 11.0 Å². The number of rotatable bonds is 6. The third kappa shape index (κ3) is 4.38. The minimum Gasteiger partial charge on any atom is -0.377 e. The quantitative estimate of drug-likeness (QED) is 0.536. The minimum atomic E-state index is -4.48. The number of aromatic nitrogens is 6. The zero-order valence-corrected chi connectivity index (χ0v) is 19.4. The molecule has 0 aliphatic carbocycles. The maximum Gasteiger partial charge on any atom is 0.433 e. The summed E-state index contributed by atoms with van der Waals surface area (Å²) >= 11 is 0. The van der Waals surface area contributed by atoms with E-state index in [-0.39, 0.29) is 11.9 Å². The van der Waals surface area contributed by atoms with Gasteiger partial charge in [0.05, 0.1) is 24.3 Å². The van der Waals surface area contributed by atoms with Gasteiger partial charge in [-0.3, -0.25) is 0 Å². The van der Waals surface area contributed by atoms with Crippen LogP contribution in [-0.4, -0.2) is 69.6 Å². The number of halogens is 3. The van der Waals surface area contributed by atoms with Crippen LogP contribution in [0.15, 0.2) is 12.3 Å². The summed E-state index contributed by atoms with van der Waals surface area (Å²) in [5.41, 5.74) is 0.818. The first-order chi connectivity index (χ1) is 16.2. The van der Waals surface area contributed by atoms with Crippen LogP contribution in [-0.2, 0) is 10.9 Å². The summed E-state index contributed by atoms with van der Waals surface area (Å²) in [6, 6.07) is 1.25. The third-order valence-electron chi connectivity index (χ3n) is 6.53. The van der Waals surface area contributed by atoms with Crippen LogP contribution in [0.5, 0.6) is 0 Å². The zero-order valence-electron chi connectivity index (χ0n) is 19.4. The molecule has 0 aromatic carbocycles. The molecule has 0 saturated carbocycles. The SMILES string of the molecule is Cc1nc(N2CCC(CCN(C)c3ncc4c(C)nn(C5COC5)c4n3)C2)cc(C(F)(F)F)n1. The molecule has 34 heavy (non-hydrogen) atoms. The van der Waals surface area contributed by atoms with Crippen LogP contribution in [0, 0.1) is 19.8 Å². The Labute approximate surface area is 195 Å². The van der Waals surface area contributed by atoms with Gasteiger partial charge < -0.3 is 14.5 Å². The van der Waals surface area contributed by atoms with Crippen molar-refractivity contribution in [3.05, 3.63) is 29.5 Å². The zero-order chi connectivity index (χ0) is 24.0. The number of ether oxygens (including phenoxy) is 1. The van der Waals surface area contributed by atoms with E-state index in [0.717, 1.165) is 42.2 Å². The van der Waals surface area contributed by atoms with Crippen LogP contribution >= 0.6 is 0 Å². The minimum absolute atomic E-state index is 0.128.